The zero-order chi connectivity index (χ0) is 14.4. The highest BCUT2D eigenvalue weighted by atomic mass is 35.5. The van der Waals surface area contributed by atoms with Gasteiger partial charge in [-0.15, -0.1) is 0 Å². The molecule has 2 unspecified atom stereocenters. The second-order valence-corrected chi connectivity index (χ2v) is 5.11. The molecule has 0 aliphatic heterocycles. The van der Waals surface area contributed by atoms with Crippen LogP contribution in [0.3, 0.4) is 0 Å². The van der Waals surface area contributed by atoms with Gasteiger partial charge < -0.3 is 10.6 Å². The highest BCUT2D eigenvalue weighted by Crippen LogP contribution is 2.25. The van der Waals surface area contributed by atoms with Gasteiger partial charge in [0.15, 0.2) is 0 Å². The number of nitrogens with one attached hydrogen (secondary N) is 2. The lowest BCUT2D eigenvalue weighted by Gasteiger charge is -2.16. The van der Waals surface area contributed by atoms with Gasteiger partial charge in [0, 0.05) is 11.6 Å². The summed E-state index contributed by atoms with van der Waals surface area (Å²) in [5.74, 6) is -0.400. The van der Waals surface area contributed by atoms with Crippen LogP contribution in [-0.4, -0.2) is 18.5 Å². The van der Waals surface area contributed by atoms with E-state index in [0.29, 0.717) is 22.3 Å². The molecule has 2 N–H and O–H groups in total. The summed E-state index contributed by atoms with van der Waals surface area (Å²) in [5, 5.41) is 15.3. The maximum atomic E-state index is 11.8. The Kier molecular flexibility index (Phi) is 5.94. The monoisotopic (exact) mass is 299 g/mol. The van der Waals surface area contributed by atoms with Crippen LogP contribution in [0.15, 0.2) is 18.2 Å². The fraction of sp³-hybridized carbons (Fsp3) is 0.385. The van der Waals surface area contributed by atoms with E-state index in [1.165, 1.54) is 0 Å². The Morgan fingerprint density at radius 1 is 1.42 bits per heavy atom. The van der Waals surface area contributed by atoms with E-state index in [9.17, 15) is 4.79 Å². The van der Waals surface area contributed by atoms with Crippen molar-refractivity contribution in [1.29, 1.82) is 5.26 Å². The Balaban J connectivity index is 2.57. The molecule has 0 aromatic heterocycles. The molecule has 0 saturated heterocycles. The van der Waals surface area contributed by atoms with Crippen LogP contribution in [0, 0.1) is 17.2 Å². The van der Waals surface area contributed by atoms with Crippen LogP contribution >= 0.6 is 23.2 Å². The molecule has 0 bridgehead atoms. The molecule has 102 valence electrons. The van der Waals surface area contributed by atoms with Gasteiger partial charge in [0.05, 0.1) is 22.7 Å². The number of carbonyl (C=O) groups excluding carboxylic acids is 1. The number of halogens is 2. The molecule has 1 aromatic carbocycles. The molecule has 0 radical (unpaired) electrons. The molecule has 0 fully saturated rings. The Bertz CT molecular complexity index is 499. The Morgan fingerprint density at radius 2 is 2.11 bits per heavy atom. The minimum absolute atomic E-state index is 0.187. The van der Waals surface area contributed by atoms with Gasteiger partial charge in [0.1, 0.15) is 6.04 Å². The smallest absolute Gasteiger partial charge is 0.242 e. The minimum Gasteiger partial charge on any atom is -0.373 e. The zero-order valence-electron chi connectivity index (χ0n) is 10.7. The average Bonchev–Trinajstić information content (AvgIpc) is 2.38. The molecule has 0 aliphatic rings. The summed E-state index contributed by atoms with van der Waals surface area (Å²) in [7, 11) is 0. The van der Waals surface area contributed by atoms with Gasteiger partial charge in [-0.3, -0.25) is 4.79 Å². The van der Waals surface area contributed by atoms with Gasteiger partial charge in [-0.2, -0.15) is 5.26 Å². The van der Waals surface area contributed by atoms with Gasteiger partial charge in [0.25, 0.3) is 0 Å². The van der Waals surface area contributed by atoms with Gasteiger partial charge in [-0.25, -0.2) is 0 Å². The van der Waals surface area contributed by atoms with Crippen LogP contribution in [0.1, 0.15) is 13.8 Å². The number of benzene rings is 1. The molecule has 0 heterocycles. The minimum atomic E-state index is -0.454. The zero-order valence-corrected chi connectivity index (χ0v) is 12.2. The fourth-order valence-corrected chi connectivity index (χ4v) is 1.82. The first-order chi connectivity index (χ1) is 8.93. The number of nitriles is 1. The molecule has 0 aliphatic carbocycles. The number of anilines is 1. The van der Waals surface area contributed by atoms with Crippen molar-refractivity contribution in [2.24, 2.45) is 5.92 Å². The third kappa shape index (κ3) is 4.98. The van der Waals surface area contributed by atoms with Crippen molar-refractivity contribution in [2.75, 3.05) is 11.9 Å². The molecule has 2 atom stereocenters. The number of nitrogens with zero attached hydrogens (tertiary/aromatic N) is 1. The topological polar surface area (TPSA) is 64.9 Å². The quantitative estimate of drug-likeness (QED) is 0.878. The van der Waals surface area contributed by atoms with Crippen LogP contribution < -0.4 is 10.6 Å². The standard InChI is InChI=1S/C13H15Cl2N3O/c1-8(6-16)7-17-13(19)9(2)18-12-4-3-10(14)5-11(12)15/h3-5,8-9,18H,7H2,1-2H3,(H,17,19). The van der Waals surface area contributed by atoms with Crippen molar-refractivity contribution in [2.45, 2.75) is 19.9 Å². The van der Waals surface area contributed by atoms with Crippen molar-refractivity contribution in [3.8, 4) is 6.07 Å². The number of rotatable bonds is 5. The van der Waals surface area contributed by atoms with Crippen molar-refractivity contribution < 1.29 is 4.79 Å². The van der Waals surface area contributed by atoms with E-state index in [0.717, 1.165) is 0 Å². The molecular weight excluding hydrogens is 285 g/mol. The second kappa shape index (κ2) is 7.22. The van der Waals surface area contributed by atoms with Crippen LogP contribution in [0.25, 0.3) is 0 Å². The van der Waals surface area contributed by atoms with E-state index in [2.05, 4.69) is 16.7 Å². The summed E-state index contributed by atoms with van der Waals surface area (Å²) in [6, 6.07) is 6.61. The molecule has 0 saturated carbocycles. The molecule has 6 heteroatoms. The second-order valence-electron chi connectivity index (χ2n) is 4.27. The van der Waals surface area contributed by atoms with Crippen LogP contribution in [0.4, 0.5) is 5.69 Å². The predicted molar refractivity (Wildman–Crippen MR) is 77.3 cm³/mol. The average molecular weight is 300 g/mol. The molecule has 19 heavy (non-hydrogen) atoms. The third-order valence-corrected chi connectivity index (χ3v) is 3.05. The number of amides is 1. The van der Waals surface area contributed by atoms with Gasteiger partial charge >= 0.3 is 0 Å². The summed E-state index contributed by atoms with van der Waals surface area (Å²) in [6.45, 7) is 3.79. The maximum absolute atomic E-state index is 11.8. The van der Waals surface area contributed by atoms with E-state index in [1.54, 1.807) is 32.0 Å². The van der Waals surface area contributed by atoms with E-state index < -0.39 is 6.04 Å². The lowest BCUT2D eigenvalue weighted by molar-refractivity contribution is -0.121. The number of hydrogen-bond acceptors (Lipinski definition) is 3. The predicted octanol–water partition coefficient (Wildman–Crippen LogP) is 3.07. The van der Waals surface area contributed by atoms with Gasteiger partial charge in [-0.05, 0) is 32.0 Å². The fourth-order valence-electron chi connectivity index (χ4n) is 1.36. The number of carbonyl (C=O) groups is 1. The van der Waals surface area contributed by atoms with E-state index in [4.69, 9.17) is 28.5 Å². The summed E-state index contributed by atoms with van der Waals surface area (Å²) in [4.78, 5) is 11.8. The van der Waals surface area contributed by atoms with Crippen LogP contribution in [-0.2, 0) is 4.79 Å². The van der Waals surface area contributed by atoms with Crippen molar-refractivity contribution in [1.82, 2.24) is 5.32 Å². The van der Waals surface area contributed by atoms with E-state index >= 15 is 0 Å². The molecule has 1 rings (SSSR count). The Labute approximate surface area is 122 Å². The van der Waals surface area contributed by atoms with Gasteiger partial charge in [-0.1, -0.05) is 23.2 Å². The Morgan fingerprint density at radius 3 is 2.68 bits per heavy atom. The van der Waals surface area contributed by atoms with E-state index in [-0.39, 0.29) is 11.8 Å². The lowest BCUT2D eigenvalue weighted by atomic mass is 10.2. The molecule has 1 aromatic rings. The highest BCUT2D eigenvalue weighted by molar-refractivity contribution is 6.36. The first-order valence-electron chi connectivity index (χ1n) is 5.83. The van der Waals surface area contributed by atoms with Crippen LogP contribution in [0.5, 0.6) is 0 Å². The summed E-state index contributed by atoms with van der Waals surface area (Å²) >= 11 is 11.8. The molecule has 1 amide bonds. The number of hydrogen-bond donors (Lipinski definition) is 2. The van der Waals surface area contributed by atoms with E-state index in [1.807, 2.05) is 0 Å². The summed E-state index contributed by atoms with van der Waals surface area (Å²) in [6.07, 6.45) is 0. The van der Waals surface area contributed by atoms with Crippen LogP contribution in [0.2, 0.25) is 10.0 Å². The normalized spacial score (nSPS) is 13.2. The molecular formula is C13H15Cl2N3O. The maximum Gasteiger partial charge on any atom is 0.242 e. The van der Waals surface area contributed by atoms with Crippen molar-refractivity contribution in [3.63, 3.8) is 0 Å². The van der Waals surface area contributed by atoms with Gasteiger partial charge in [0.2, 0.25) is 5.91 Å². The van der Waals surface area contributed by atoms with Crippen molar-refractivity contribution in [3.05, 3.63) is 28.2 Å². The SMILES string of the molecule is CC(C#N)CNC(=O)C(C)Nc1ccc(Cl)cc1Cl. The molecule has 0 spiro atoms. The largest absolute Gasteiger partial charge is 0.373 e. The van der Waals surface area contributed by atoms with Crippen molar-refractivity contribution >= 4 is 34.8 Å². The lowest BCUT2D eigenvalue weighted by Crippen LogP contribution is -2.39. The first-order valence-corrected chi connectivity index (χ1v) is 6.58. The third-order valence-electron chi connectivity index (χ3n) is 2.50. The molecule has 4 nitrogen and oxygen atoms in total. The Hall–Kier alpha value is -1.44. The highest BCUT2D eigenvalue weighted by Gasteiger charge is 2.14. The summed E-state index contributed by atoms with van der Waals surface area (Å²) in [5.41, 5.74) is 0.641. The first kappa shape index (κ1) is 15.6. The summed E-state index contributed by atoms with van der Waals surface area (Å²) < 4.78 is 0.